The molecule has 1 heterocycles. The zero-order valence-electron chi connectivity index (χ0n) is 11.6. The minimum absolute atomic E-state index is 0.0382. The van der Waals surface area contributed by atoms with Crippen LogP contribution in [-0.4, -0.2) is 27.6 Å². The number of carbonyl (C=O) groups is 1. The first-order chi connectivity index (χ1) is 8.97. The number of para-hydroxylation sites is 1. The van der Waals surface area contributed by atoms with Crippen LogP contribution < -0.4 is 5.32 Å². The molecule has 2 aromatic rings. The zero-order chi connectivity index (χ0) is 13.9. The van der Waals surface area contributed by atoms with Gasteiger partial charge >= 0.3 is 0 Å². The van der Waals surface area contributed by atoms with E-state index >= 15 is 0 Å². The third-order valence-electron chi connectivity index (χ3n) is 2.71. The molecule has 4 heteroatoms. The van der Waals surface area contributed by atoms with Gasteiger partial charge in [-0.15, -0.1) is 0 Å². The summed E-state index contributed by atoms with van der Waals surface area (Å²) in [6.45, 7) is 6.42. The Kier molecular flexibility index (Phi) is 3.81. The van der Waals surface area contributed by atoms with Gasteiger partial charge in [-0.2, -0.15) is 5.10 Å². The van der Waals surface area contributed by atoms with Crippen LogP contribution in [0.3, 0.4) is 0 Å². The van der Waals surface area contributed by atoms with E-state index in [0.29, 0.717) is 12.2 Å². The van der Waals surface area contributed by atoms with E-state index in [4.69, 9.17) is 0 Å². The van der Waals surface area contributed by atoms with Crippen molar-refractivity contribution in [2.75, 3.05) is 6.54 Å². The third kappa shape index (κ3) is 3.51. The lowest BCUT2D eigenvalue weighted by Crippen LogP contribution is -2.39. The molecule has 0 atom stereocenters. The van der Waals surface area contributed by atoms with Crippen molar-refractivity contribution in [2.45, 2.75) is 26.3 Å². The lowest BCUT2D eigenvalue weighted by molar-refractivity contribution is 0.0974. The van der Waals surface area contributed by atoms with Crippen LogP contribution in [0, 0.1) is 0 Å². The van der Waals surface area contributed by atoms with Gasteiger partial charge in [0.05, 0.1) is 18.4 Å². The van der Waals surface area contributed by atoms with E-state index in [9.17, 15) is 4.79 Å². The molecule has 2 rings (SSSR count). The Morgan fingerprint density at radius 1 is 1.21 bits per heavy atom. The molecule has 0 aliphatic rings. The minimum atomic E-state index is -0.0761. The Morgan fingerprint density at radius 3 is 2.53 bits per heavy atom. The fourth-order valence-corrected chi connectivity index (χ4v) is 1.73. The first-order valence-electron chi connectivity index (χ1n) is 6.35. The van der Waals surface area contributed by atoms with E-state index in [0.717, 1.165) is 5.69 Å². The summed E-state index contributed by atoms with van der Waals surface area (Å²) in [6.07, 6.45) is 1.65. The normalized spacial score (nSPS) is 11.5. The molecule has 0 spiro atoms. The fraction of sp³-hybridized carbons (Fsp3) is 0.333. The van der Waals surface area contributed by atoms with Crippen molar-refractivity contribution in [3.05, 3.63) is 48.3 Å². The predicted molar refractivity (Wildman–Crippen MR) is 75.7 cm³/mol. The van der Waals surface area contributed by atoms with Crippen LogP contribution in [0.15, 0.2) is 42.6 Å². The molecule has 0 aliphatic carbocycles. The summed E-state index contributed by atoms with van der Waals surface area (Å²) in [5.41, 5.74) is 1.42. The second-order valence-electron chi connectivity index (χ2n) is 5.49. The molecule has 0 aliphatic heterocycles. The lowest BCUT2D eigenvalue weighted by Gasteiger charge is -2.19. The standard InChI is InChI=1S/C15H19N3O/c1-15(2,3)16-11-14(19)13-9-10-17-18(13)12-7-5-4-6-8-12/h4-10,16H,11H2,1-3H3. The van der Waals surface area contributed by atoms with E-state index < -0.39 is 0 Å². The van der Waals surface area contributed by atoms with Gasteiger partial charge in [-0.25, -0.2) is 4.68 Å². The monoisotopic (exact) mass is 257 g/mol. The van der Waals surface area contributed by atoms with Gasteiger partial charge in [0.25, 0.3) is 0 Å². The molecule has 0 radical (unpaired) electrons. The lowest BCUT2D eigenvalue weighted by atomic mass is 10.1. The van der Waals surface area contributed by atoms with Crippen LogP contribution in [0.5, 0.6) is 0 Å². The second-order valence-corrected chi connectivity index (χ2v) is 5.49. The number of benzene rings is 1. The largest absolute Gasteiger partial charge is 0.305 e. The van der Waals surface area contributed by atoms with Gasteiger partial charge in [-0.05, 0) is 39.0 Å². The van der Waals surface area contributed by atoms with Crippen LogP contribution in [-0.2, 0) is 0 Å². The molecule has 19 heavy (non-hydrogen) atoms. The zero-order valence-corrected chi connectivity index (χ0v) is 11.6. The molecule has 100 valence electrons. The van der Waals surface area contributed by atoms with Crippen molar-refractivity contribution in [1.82, 2.24) is 15.1 Å². The summed E-state index contributed by atoms with van der Waals surface area (Å²) in [7, 11) is 0. The smallest absolute Gasteiger partial charge is 0.195 e. The van der Waals surface area contributed by atoms with E-state index in [1.165, 1.54) is 0 Å². The number of ketones is 1. The quantitative estimate of drug-likeness (QED) is 0.856. The van der Waals surface area contributed by atoms with Gasteiger partial charge in [0.2, 0.25) is 0 Å². The van der Waals surface area contributed by atoms with Crippen LogP contribution in [0.2, 0.25) is 0 Å². The average Bonchev–Trinajstić information content (AvgIpc) is 2.85. The Morgan fingerprint density at radius 2 is 1.89 bits per heavy atom. The van der Waals surface area contributed by atoms with Crippen LogP contribution in [0.25, 0.3) is 5.69 Å². The number of hydrogen-bond acceptors (Lipinski definition) is 3. The van der Waals surface area contributed by atoms with Crippen LogP contribution >= 0.6 is 0 Å². The Hall–Kier alpha value is -1.94. The number of aromatic nitrogens is 2. The SMILES string of the molecule is CC(C)(C)NCC(=O)c1ccnn1-c1ccccc1. The summed E-state index contributed by atoms with van der Waals surface area (Å²) < 4.78 is 1.67. The molecular formula is C15H19N3O. The van der Waals surface area contributed by atoms with Gasteiger partial charge in [0.15, 0.2) is 5.78 Å². The Labute approximate surface area is 113 Å². The van der Waals surface area contributed by atoms with Gasteiger partial charge in [0.1, 0.15) is 5.69 Å². The molecule has 1 aromatic heterocycles. The molecule has 4 nitrogen and oxygen atoms in total. The Bertz CT molecular complexity index is 552. The molecular weight excluding hydrogens is 238 g/mol. The fourth-order valence-electron chi connectivity index (χ4n) is 1.73. The van der Waals surface area contributed by atoms with E-state index in [1.54, 1.807) is 16.9 Å². The van der Waals surface area contributed by atoms with Gasteiger partial charge < -0.3 is 5.32 Å². The number of carbonyl (C=O) groups excluding carboxylic acids is 1. The molecule has 1 N–H and O–H groups in total. The maximum absolute atomic E-state index is 12.2. The van der Waals surface area contributed by atoms with Crippen molar-refractivity contribution in [3.8, 4) is 5.69 Å². The summed E-state index contributed by atoms with van der Waals surface area (Å²) in [5.74, 6) is 0.0382. The highest BCUT2D eigenvalue weighted by molar-refractivity contribution is 5.96. The molecule has 0 amide bonds. The number of rotatable bonds is 4. The number of nitrogens with one attached hydrogen (secondary N) is 1. The number of Topliss-reactive ketones (excluding diaryl/α,β-unsaturated/α-hetero) is 1. The van der Waals surface area contributed by atoms with Crippen LogP contribution in [0.4, 0.5) is 0 Å². The average molecular weight is 257 g/mol. The highest BCUT2D eigenvalue weighted by Crippen LogP contribution is 2.10. The van der Waals surface area contributed by atoms with Crippen molar-refractivity contribution in [3.63, 3.8) is 0 Å². The van der Waals surface area contributed by atoms with Gasteiger partial charge in [0, 0.05) is 5.54 Å². The van der Waals surface area contributed by atoms with E-state index in [-0.39, 0.29) is 11.3 Å². The van der Waals surface area contributed by atoms with Gasteiger partial charge in [-0.1, -0.05) is 18.2 Å². The van der Waals surface area contributed by atoms with Crippen LogP contribution in [0.1, 0.15) is 31.3 Å². The Balaban J connectivity index is 2.18. The maximum atomic E-state index is 12.2. The summed E-state index contributed by atoms with van der Waals surface area (Å²) in [6, 6.07) is 11.4. The third-order valence-corrected chi connectivity index (χ3v) is 2.71. The predicted octanol–water partition coefficient (Wildman–Crippen LogP) is 2.44. The minimum Gasteiger partial charge on any atom is -0.305 e. The van der Waals surface area contributed by atoms with E-state index in [1.807, 2.05) is 51.1 Å². The van der Waals surface area contributed by atoms with E-state index in [2.05, 4.69) is 10.4 Å². The highest BCUT2D eigenvalue weighted by Gasteiger charge is 2.16. The van der Waals surface area contributed by atoms with Crippen molar-refractivity contribution < 1.29 is 4.79 Å². The van der Waals surface area contributed by atoms with Crippen molar-refractivity contribution >= 4 is 5.78 Å². The molecule has 0 bridgehead atoms. The molecule has 0 saturated carbocycles. The number of nitrogens with zero attached hydrogens (tertiary/aromatic N) is 2. The molecule has 1 aromatic carbocycles. The first kappa shape index (κ1) is 13.5. The summed E-state index contributed by atoms with van der Waals surface area (Å²) in [4.78, 5) is 12.2. The summed E-state index contributed by atoms with van der Waals surface area (Å²) >= 11 is 0. The molecule has 0 fully saturated rings. The molecule has 0 saturated heterocycles. The summed E-state index contributed by atoms with van der Waals surface area (Å²) in [5, 5.41) is 7.42. The first-order valence-corrected chi connectivity index (χ1v) is 6.35. The topological polar surface area (TPSA) is 46.9 Å². The second kappa shape index (κ2) is 5.36. The molecule has 0 unspecified atom stereocenters. The number of hydrogen-bond donors (Lipinski definition) is 1. The van der Waals surface area contributed by atoms with Gasteiger partial charge in [-0.3, -0.25) is 4.79 Å². The van der Waals surface area contributed by atoms with Crippen molar-refractivity contribution in [1.29, 1.82) is 0 Å². The van der Waals surface area contributed by atoms with Crippen molar-refractivity contribution in [2.24, 2.45) is 0 Å². The maximum Gasteiger partial charge on any atom is 0.195 e. The highest BCUT2D eigenvalue weighted by atomic mass is 16.1.